The van der Waals surface area contributed by atoms with Gasteiger partial charge in [0.25, 0.3) is 5.91 Å². The minimum Gasteiger partial charge on any atom is -0.497 e. The predicted molar refractivity (Wildman–Crippen MR) is 102 cm³/mol. The standard InChI is InChI=1S/C20H26N4O2/c1-15-4-3-11-24(14-15)20-22-12-17(13-23-20)19(25)21-10-9-16-5-7-18(26-2)8-6-16/h5-8,12-13,15H,3-4,9-11,14H2,1-2H3,(H,21,25). The molecule has 1 atom stereocenters. The van der Waals surface area contributed by atoms with Gasteiger partial charge in [0.2, 0.25) is 5.95 Å². The molecule has 2 heterocycles. The first-order chi connectivity index (χ1) is 12.7. The summed E-state index contributed by atoms with van der Waals surface area (Å²) in [4.78, 5) is 23.2. The van der Waals surface area contributed by atoms with Crippen LogP contribution < -0.4 is 15.0 Å². The van der Waals surface area contributed by atoms with Gasteiger partial charge in [-0.1, -0.05) is 19.1 Å². The Morgan fingerprint density at radius 2 is 2.00 bits per heavy atom. The molecule has 1 amide bonds. The minimum absolute atomic E-state index is 0.142. The van der Waals surface area contributed by atoms with Crippen LogP contribution in [-0.2, 0) is 6.42 Å². The van der Waals surface area contributed by atoms with Gasteiger partial charge in [-0.25, -0.2) is 9.97 Å². The number of anilines is 1. The predicted octanol–water partition coefficient (Wildman–Crippen LogP) is 2.69. The Kier molecular flexibility index (Phi) is 6.04. The molecule has 1 aromatic heterocycles. The molecular formula is C20H26N4O2. The molecule has 1 aromatic carbocycles. The SMILES string of the molecule is COc1ccc(CCNC(=O)c2cnc(N3CCCC(C)C3)nc2)cc1. The van der Waals surface area contributed by atoms with Crippen LogP contribution in [0.25, 0.3) is 0 Å². The first-order valence-corrected chi connectivity index (χ1v) is 9.14. The fraction of sp³-hybridized carbons (Fsp3) is 0.450. The van der Waals surface area contributed by atoms with E-state index < -0.39 is 0 Å². The summed E-state index contributed by atoms with van der Waals surface area (Å²) >= 11 is 0. The van der Waals surface area contributed by atoms with Gasteiger partial charge in [0.15, 0.2) is 0 Å². The molecule has 6 nitrogen and oxygen atoms in total. The van der Waals surface area contributed by atoms with Gasteiger partial charge in [0.05, 0.1) is 12.7 Å². The number of ether oxygens (including phenoxy) is 1. The number of hydrogen-bond acceptors (Lipinski definition) is 5. The lowest BCUT2D eigenvalue weighted by Gasteiger charge is -2.30. The number of amides is 1. The van der Waals surface area contributed by atoms with Gasteiger partial charge in [0.1, 0.15) is 5.75 Å². The van der Waals surface area contributed by atoms with Gasteiger partial charge < -0.3 is 15.0 Å². The number of carbonyl (C=O) groups excluding carboxylic acids is 1. The van der Waals surface area contributed by atoms with Gasteiger partial charge >= 0.3 is 0 Å². The van der Waals surface area contributed by atoms with Gasteiger partial charge in [0, 0.05) is 32.0 Å². The van der Waals surface area contributed by atoms with Crippen molar-refractivity contribution in [3.05, 3.63) is 47.8 Å². The Morgan fingerprint density at radius 1 is 1.27 bits per heavy atom. The summed E-state index contributed by atoms with van der Waals surface area (Å²) in [5, 5.41) is 2.92. The highest BCUT2D eigenvalue weighted by atomic mass is 16.5. The average Bonchev–Trinajstić information content (AvgIpc) is 2.68. The van der Waals surface area contributed by atoms with Gasteiger partial charge in [-0.05, 0) is 42.9 Å². The van der Waals surface area contributed by atoms with E-state index in [0.29, 0.717) is 24.0 Å². The molecule has 138 valence electrons. The first kappa shape index (κ1) is 18.2. The molecule has 1 aliphatic heterocycles. The molecule has 6 heteroatoms. The van der Waals surface area contributed by atoms with E-state index in [-0.39, 0.29) is 5.91 Å². The topological polar surface area (TPSA) is 67.3 Å². The lowest BCUT2D eigenvalue weighted by Crippen LogP contribution is -2.35. The number of aromatic nitrogens is 2. The summed E-state index contributed by atoms with van der Waals surface area (Å²) in [5.74, 6) is 2.06. The van der Waals surface area contributed by atoms with E-state index in [1.165, 1.54) is 6.42 Å². The van der Waals surface area contributed by atoms with Crippen molar-refractivity contribution >= 4 is 11.9 Å². The molecule has 1 unspecified atom stereocenters. The molecule has 3 rings (SSSR count). The van der Waals surface area contributed by atoms with Crippen LogP contribution in [0.5, 0.6) is 5.75 Å². The van der Waals surface area contributed by atoms with Crippen molar-refractivity contribution in [1.82, 2.24) is 15.3 Å². The van der Waals surface area contributed by atoms with Crippen LogP contribution in [0.2, 0.25) is 0 Å². The zero-order valence-corrected chi connectivity index (χ0v) is 15.4. The van der Waals surface area contributed by atoms with Gasteiger partial charge in [-0.2, -0.15) is 0 Å². The molecule has 1 fully saturated rings. The highest BCUT2D eigenvalue weighted by Gasteiger charge is 2.18. The molecule has 2 aromatic rings. The lowest BCUT2D eigenvalue weighted by molar-refractivity contribution is 0.0953. The van der Waals surface area contributed by atoms with E-state index in [1.54, 1.807) is 19.5 Å². The maximum absolute atomic E-state index is 12.3. The monoisotopic (exact) mass is 354 g/mol. The minimum atomic E-state index is -0.142. The number of nitrogens with zero attached hydrogens (tertiary/aromatic N) is 3. The van der Waals surface area contributed by atoms with Crippen molar-refractivity contribution in [1.29, 1.82) is 0 Å². The van der Waals surface area contributed by atoms with Crippen molar-refractivity contribution in [3.63, 3.8) is 0 Å². The zero-order chi connectivity index (χ0) is 18.4. The van der Waals surface area contributed by atoms with E-state index >= 15 is 0 Å². The average molecular weight is 354 g/mol. The Balaban J connectivity index is 1.49. The molecular weight excluding hydrogens is 328 g/mol. The summed E-state index contributed by atoms with van der Waals surface area (Å²) in [5.41, 5.74) is 1.64. The van der Waals surface area contributed by atoms with E-state index in [0.717, 1.165) is 37.2 Å². The molecule has 0 saturated carbocycles. The molecule has 0 bridgehead atoms. The zero-order valence-electron chi connectivity index (χ0n) is 15.4. The Bertz CT molecular complexity index is 716. The second kappa shape index (κ2) is 8.65. The number of nitrogens with one attached hydrogen (secondary N) is 1. The number of methoxy groups -OCH3 is 1. The largest absolute Gasteiger partial charge is 0.497 e. The van der Waals surface area contributed by atoms with Crippen LogP contribution in [0.3, 0.4) is 0 Å². The molecule has 1 aliphatic rings. The third-order valence-corrected chi connectivity index (χ3v) is 4.70. The number of carbonyl (C=O) groups is 1. The Morgan fingerprint density at radius 3 is 2.65 bits per heavy atom. The highest BCUT2D eigenvalue weighted by molar-refractivity contribution is 5.93. The van der Waals surface area contributed by atoms with Gasteiger partial charge in [-0.3, -0.25) is 4.79 Å². The van der Waals surface area contributed by atoms with Gasteiger partial charge in [-0.15, -0.1) is 0 Å². The smallest absolute Gasteiger partial charge is 0.254 e. The van der Waals surface area contributed by atoms with Crippen LogP contribution in [0.15, 0.2) is 36.7 Å². The lowest BCUT2D eigenvalue weighted by atomic mass is 10.0. The number of hydrogen-bond donors (Lipinski definition) is 1. The Hall–Kier alpha value is -2.63. The third kappa shape index (κ3) is 4.71. The van der Waals surface area contributed by atoms with Crippen LogP contribution in [-0.4, -0.2) is 42.6 Å². The fourth-order valence-electron chi connectivity index (χ4n) is 3.19. The second-order valence-electron chi connectivity index (χ2n) is 6.82. The second-order valence-corrected chi connectivity index (χ2v) is 6.82. The molecule has 0 spiro atoms. The normalized spacial score (nSPS) is 17.0. The van der Waals surface area contributed by atoms with Crippen LogP contribution in [0, 0.1) is 5.92 Å². The van der Waals surface area contributed by atoms with Crippen molar-refractivity contribution in [3.8, 4) is 5.75 Å². The summed E-state index contributed by atoms with van der Waals surface area (Å²) in [6, 6.07) is 7.85. The van der Waals surface area contributed by atoms with Crippen molar-refractivity contribution in [2.24, 2.45) is 5.92 Å². The van der Waals surface area contributed by atoms with Crippen LogP contribution >= 0.6 is 0 Å². The molecule has 1 N–H and O–H groups in total. The maximum atomic E-state index is 12.3. The van der Waals surface area contributed by atoms with Crippen molar-refractivity contribution in [2.45, 2.75) is 26.2 Å². The summed E-state index contributed by atoms with van der Waals surface area (Å²) < 4.78 is 5.14. The number of rotatable bonds is 6. The van der Waals surface area contributed by atoms with E-state index in [4.69, 9.17) is 4.74 Å². The summed E-state index contributed by atoms with van der Waals surface area (Å²) in [6.07, 6.45) is 6.41. The molecule has 0 aliphatic carbocycles. The van der Waals surface area contributed by atoms with Crippen molar-refractivity contribution in [2.75, 3.05) is 31.6 Å². The summed E-state index contributed by atoms with van der Waals surface area (Å²) in [7, 11) is 1.65. The summed E-state index contributed by atoms with van der Waals surface area (Å²) in [6.45, 7) is 4.78. The number of piperidine rings is 1. The first-order valence-electron chi connectivity index (χ1n) is 9.14. The molecule has 0 radical (unpaired) electrons. The Labute approximate surface area is 154 Å². The maximum Gasteiger partial charge on any atom is 0.254 e. The van der Waals surface area contributed by atoms with E-state index in [9.17, 15) is 4.79 Å². The third-order valence-electron chi connectivity index (χ3n) is 4.70. The number of benzene rings is 1. The van der Waals surface area contributed by atoms with Crippen LogP contribution in [0.4, 0.5) is 5.95 Å². The quantitative estimate of drug-likeness (QED) is 0.864. The van der Waals surface area contributed by atoms with E-state index in [1.807, 2.05) is 24.3 Å². The fourth-order valence-corrected chi connectivity index (χ4v) is 3.19. The molecule has 26 heavy (non-hydrogen) atoms. The highest BCUT2D eigenvalue weighted by Crippen LogP contribution is 2.19. The molecule has 1 saturated heterocycles. The van der Waals surface area contributed by atoms with E-state index in [2.05, 4.69) is 27.1 Å². The van der Waals surface area contributed by atoms with Crippen molar-refractivity contribution < 1.29 is 9.53 Å². The van der Waals surface area contributed by atoms with Crippen LogP contribution in [0.1, 0.15) is 35.7 Å².